The Morgan fingerprint density at radius 3 is 2.90 bits per heavy atom. The maximum atomic E-state index is 12.4. The molecule has 6 heteroatoms. The van der Waals surface area contributed by atoms with Gasteiger partial charge < -0.3 is 11.1 Å². The molecular weight excluding hydrogens is 312 g/mol. The van der Waals surface area contributed by atoms with Crippen LogP contribution in [0.3, 0.4) is 0 Å². The quantitative estimate of drug-likeness (QED) is 0.872. The summed E-state index contributed by atoms with van der Waals surface area (Å²) in [4.78, 5) is 12.9. The van der Waals surface area contributed by atoms with Gasteiger partial charge in [-0.2, -0.15) is 11.8 Å². The zero-order valence-corrected chi connectivity index (χ0v) is 13.8. The number of carbonyl (C=O) groups is 1. The number of nitrogens with two attached hydrogens (primary N) is 1. The molecule has 0 aliphatic heterocycles. The van der Waals surface area contributed by atoms with Crippen LogP contribution in [-0.2, 0) is 0 Å². The third kappa shape index (κ3) is 3.05. The van der Waals surface area contributed by atoms with Crippen molar-refractivity contribution in [3.05, 3.63) is 28.1 Å². The molecule has 20 heavy (non-hydrogen) atoms. The second kappa shape index (κ2) is 6.70. The lowest BCUT2D eigenvalue weighted by Gasteiger charge is -2.15. The Labute approximate surface area is 131 Å². The summed E-state index contributed by atoms with van der Waals surface area (Å²) in [6, 6.07) is 5.75. The van der Waals surface area contributed by atoms with E-state index in [0.29, 0.717) is 15.6 Å². The van der Waals surface area contributed by atoms with Gasteiger partial charge in [0.25, 0.3) is 5.91 Å². The van der Waals surface area contributed by atoms with E-state index in [0.717, 1.165) is 22.3 Å². The molecule has 3 nitrogen and oxygen atoms in total. The number of benzene rings is 1. The lowest BCUT2D eigenvalue weighted by molar-refractivity contribution is 0.0945. The normalized spacial score (nSPS) is 12.6. The number of nitrogen functional groups attached to an aromatic ring is 1. The van der Waals surface area contributed by atoms with E-state index >= 15 is 0 Å². The third-order valence-electron chi connectivity index (χ3n) is 3.10. The smallest absolute Gasteiger partial charge is 0.263 e. The molecule has 0 bridgehead atoms. The van der Waals surface area contributed by atoms with Gasteiger partial charge in [0.15, 0.2) is 0 Å². The Bertz CT molecular complexity index is 627. The van der Waals surface area contributed by atoms with Gasteiger partial charge in [0.05, 0.1) is 10.7 Å². The summed E-state index contributed by atoms with van der Waals surface area (Å²) >= 11 is 9.26. The first-order chi connectivity index (χ1) is 9.58. The maximum Gasteiger partial charge on any atom is 0.263 e. The van der Waals surface area contributed by atoms with Gasteiger partial charge in [0, 0.05) is 21.9 Å². The predicted octanol–water partition coefficient (Wildman–Crippen LogP) is 4.01. The second-order valence-electron chi connectivity index (χ2n) is 4.49. The molecule has 2 rings (SSSR count). The van der Waals surface area contributed by atoms with Crippen LogP contribution in [0.4, 0.5) is 5.69 Å². The van der Waals surface area contributed by atoms with Crippen LogP contribution in [0.5, 0.6) is 0 Å². The summed E-state index contributed by atoms with van der Waals surface area (Å²) in [6.45, 7) is 2.06. The van der Waals surface area contributed by atoms with E-state index in [2.05, 4.69) is 12.2 Å². The highest BCUT2D eigenvalue weighted by atomic mass is 35.5. The standard InChI is InChI=1S/C14H17ClN2OS2/c1-3-8(7-19-2)17-14(18)13-12(16)11-9(15)5-4-6-10(11)20-13/h4-6,8H,3,7,16H2,1-2H3,(H,17,18). The van der Waals surface area contributed by atoms with E-state index in [9.17, 15) is 4.79 Å². The van der Waals surface area contributed by atoms with Crippen molar-refractivity contribution < 1.29 is 4.79 Å². The summed E-state index contributed by atoms with van der Waals surface area (Å²) in [7, 11) is 0. The molecule has 1 aromatic carbocycles. The number of hydrogen-bond acceptors (Lipinski definition) is 4. The molecule has 0 aliphatic rings. The van der Waals surface area contributed by atoms with E-state index in [-0.39, 0.29) is 11.9 Å². The van der Waals surface area contributed by atoms with E-state index < -0.39 is 0 Å². The fourth-order valence-electron chi connectivity index (χ4n) is 2.01. The molecule has 1 amide bonds. The van der Waals surface area contributed by atoms with Crippen molar-refractivity contribution in [2.75, 3.05) is 17.7 Å². The van der Waals surface area contributed by atoms with Gasteiger partial charge in [-0.25, -0.2) is 0 Å². The molecule has 0 radical (unpaired) electrons. The zero-order valence-electron chi connectivity index (χ0n) is 11.4. The lowest BCUT2D eigenvalue weighted by atomic mass is 10.2. The Morgan fingerprint density at radius 1 is 1.55 bits per heavy atom. The van der Waals surface area contributed by atoms with Gasteiger partial charge in [-0.05, 0) is 24.8 Å². The number of carbonyl (C=O) groups excluding carboxylic acids is 1. The number of halogens is 1. The number of anilines is 1. The van der Waals surface area contributed by atoms with Gasteiger partial charge in [-0.3, -0.25) is 4.79 Å². The highest BCUT2D eigenvalue weighted by Gasteiger charge is 2.19. The topological polar surface area (TPSA) is 55.1 Å². The fraction of sp³-hybridized carbons (Fsp3) is 0.357. The number of nitrogens with one attached hydrogen (secondary N) is 1. The molecule has 2 aromatic rings. The molecule has 1 heterocycles. The van der Waals surface area contributed by atoms with Crippen LogP contribution in [0.15, 0.2) is 18.2 Å². The highest BCUT2D eigenvalue weighted by Crippen LogP contribution is 2.37. The van der Waals surface area contributed by atoms with E-state index in [4.69, 9.17) is 17.3 Å². The molecule has 0 spiro atoms. The number of thioether (sulfide) groups is 1. The van der Waals surface area contributed by atoms with Crippen LogP contribution in [0.1, 0.15) is 23.0 Å². The van der Waals surface area contributed by atoms with Gasteiger partial charge in [-0.15, -0.1) is 11.3 Å². The number of amides is 1. The van der Waals surface area contributed by atoms with Crippen LogP contribution in [-0.4, -0.2) is 24.0 Å². The number of rotatable bonds is 5. The first kappa shape index (κ1) is 15.5. The van der Waals surface area contributed by atoms with E-state index in [1.54, 1.807) is 17.8 Å². The Balaban J connectivity index is 2.31. The van der Waals surface area contributed by atoms with Crippen LogP contribution >= 0.6 is 34.7 Å². The van der Waals surface area contributed by atoms with Crippen molar-refractivity contribution >= 4 is 56.4 Å². The minimum Gasteiger partial charge on any atom is -0.397 e. The average Bonchev–Trinajstić information content (AvgIpc) is 2.77. The number of fused-ring (bicyclic) bond motifs is 1. The Morgan fingerprint density at radius 2 is 2.30 bits per heavy atom. The molecule has 108 valence electrons. The Kier molecular flexibility index (Phi) is 5.18. The SMILES string of the molecule is CCC(CSC)NC(=O)c1sc2cccc(Cl)c2c1N. The Hall–Kier alpha value is -0.910. The largest absolute Gasteiger partial charge is 0.397 e. The van der Waals surface area contributed by atoms with E-state index in [1.165, 1.54) is 11.3 Å². The van der Waals surface area contributed by atoms with Crippen LogP contribution in [0.2, 0.25) is 5.02 Å². The number of thiophene rings is 1. The molecule has 1 atom stereocenters. The van der Waals surface area contributed by atoms with Crippen molar-refractivity contribution in [3.8, 4) is 0 Å². The zero-order chi connectivity index (χ0) is 14.7. The molecule has 0 saturated carbocycles. The van der Waals surface area contributed by atoms with Crippen LogP contribution < -0.4 is 11.1 Å². The van der Waals surface area contributed by atoms with E-state index in [1.807, 2.05) is 18.4 Å². The van der Waals surface area contributed by atoms with Crippen LogP contribution in [0.25, 0.3) is 10.1 Å². The van der Waals surface area contributed by atoms with Crippen molar-refractivity contribution in [2.45, 2.75) is 19.4 Å². The summed E-state index contributed by atoms with van der Waals surface area (Å²) in [5.74, 6) is 0.786. The van der Waals surface area contributed by atoms with Crippen molar-refractivity contribution in [3.63, 3.8) is 0 Å². The second-order valence-corrected chi connectivity index (χ2v) is 6.86. The van der Waals surface area contributed by atoms with Gasteiger partial charge in [0.1, 0.15) is 4.88 Å². The molecule has 0 aliphatic carbocycles. The van der Waals surface area contributed by atoms with Gasteiger partial charge >= 0.3 is 0 Å². The van der Waals surface area contributed by atoms with Gasteiger partial charge in [0.2, 0.25) is 0 Å². The molecule has 0 fully saturated rings. The summed E-state index contributed by atoms with van der Waals surface area (Å²) in [5.41, 5.74) is 6.57. The number of hydrogen-bond donors (Lipinski definition) is 2. The highest BCUT2D eigenvalue weighted by molar-refractivity contribution is 7.98. The maximum absolute atomic E-state index is 12.4. The summed E-state index contributed by atoms with van der Waals surface area (Å²) in [5, 5.41) is 4.40. The van der Waals surface area contributed by atoms with Crippen molar-refractivity contribution in [1.29, 1.82) is 0 Å². The third-order valence-corrected chi connectivity index (χ3v) is 5.32. The molecular formula is C14H17ClN2OS2. The molecule has 1 unspecified atom stereocenters. The minimum absolute atomic E-state index is 0.110. The monoisotopic (exact) mass is 328 g/mol. The minimum atomic E-state index is -0.110. The molecule has 0 saturated heterocycles. The molecule has 3 N–H and O–H groups in total. The van der Waals surface area contributed by atoms with Crippen LogP contribution in [0, 0.1) is 0 Å². The van der Waals surface area contributed by atoms with Crippen molar-refractivity contribution in [1.82, 2.24) is 5.32 Å². The first-order valence-corrected chi connectivity index (χ1v) is 8.93. The first-order valence-electron chi connectivity index (χ1n) is 6.34. The summed E-state index contributed by atoms with van der Waals surface area (Å²) in [6.07, 6.45) is 2.93. The van der Waals surface area contributed by atoms with Gasteiger partial charge in [-0.1, -0.05) is 24.6 Å². The lowest BCUT2D eigenvalue weighted by Crippen LogP contribution is -2.36. The average molecular weight is 329 g/mol. The predicted molar refractivity (Wildman–Crippen MR) is 91.2 cm³/mol. The van der Waals surface area contributed by atoms with Crippen molar-refractivity contribution in [2.24, 2.45) is 0 Å². The fourth-order valence-corrected chi connectivity index (χ4v) is 4.12. The molecule has 1 aromatic heterocycles. The summed E-state index contributed by atoms with van der Waals surface area (Å²) < 4.78 is 0.943.